The van der Waals surface area contributed by atoms with Gasteiger partial charge in [0.2, 0.25) is 5.91 Å². The number of nitrogens with one attached hydrogen (secondary N) is 1. The van der Waals surface area contributed by atoms with Crippen LogP contribution in [0.3, 0.4) is 0 Å². The Morgan fingerprint density at radius 1 is 1.41 bits per heavy atom. The molecular weight excluding hydrogens is 296 g/mol. The van der Waals surface area contributed by atoms with E-state index in [4.69, 9.17) is 9.84 Å². The van der Waals surface area contributed by atoms with Crippen LogP contribution in [0.4, 0.5) is 8.78 Å². The van der Waals surface area contributed by atoms with Crippen molar-refractivity contribution in [1.29, 1.82) is 0 Å². The van der Waals surface area contributed by atoms with Gasteiger partial charge in [0.05, 0.1) is 13.2 Å². The van der Waals surface area contributed by atoms with Crippen LogP contribution in [0, 0.1) is 0 Å². The van der Waals surface area contributed by atoms with Gasteiger partial charge < -0.3 is 19.9 Å². The molecule has 0 spiro atoms. The van der Waals surface area contributed by atoms with Crippen LogP contribution in [0.2, 0.25) is 0 Å². The first-order chi connectivity index (χ1) is 10.5. The van der Waals surface area contributed by atoms with Gasteiger partial charge in [0.1, 0.15) is 0 Å². The Hall–Kier alpha value is -2.15. The van der Waals surface area contributed by atoms with E-state index < -0.39 is 6.61 Å². The van der Waals surface area contributed by atoms with E-state index in [0.29, 0.717) is 12.2 Å². The van der Waals surface area contributed by atoms with Crippen molar-refractivity contribution in [2.45, 2.75) is 26.5 Å². The Kier molecular flexibility index (Phi) is 7.31. The lowest BCUT2D eigenvalue weighted by Gasteiger charge is -2.11. The zero-order valence-corrected chi connectivity index (χ0v) is 12.4. The van der Waals surface area contributed by atoms with Gasteiger partial charge in [-0.25, -0.2) is 0 Å². The molecule has 0 heterocycles. The minimum absolute atomic E-state index is 0.0626. The number of alkyl halides is 2. The first-order valence-corrected chi connectivity index (χ1v) is 6.77. The van der Waals surface area contributed by atoms with E-state index in [9.17, 15) is 13.6 Å². The average molecular weight is 315 g/mol. The highest BCUT2D eigenvalue weighted by Crippen LogP contribution is 2.30. The Morgan fingerprint density at radius 3 is 2.73 bits per heavy atom. The molecule has 1 amide bonds. The third-order valence-corrected chi connectivity index (χ3v) is 2.57. The van der Waals surface area contributed by atoms with Gasteiger partial charge in [0, 0.05) is 12.1 Å². The molecule has 22 heavy (non-hydrogen) atoms. The summed E-state index contributed by atoms with van der Waals surface area (Å²) >= 11 is 0. The number of halogens is 2. The van der Waals surface area contributed by atoms with Crippen molar-refractivity contribution in [2.24, 2.45) is 0 Å². The van der Waals surface area contributed by atoms with Crippen molar-refractivity contribution >= 4 is 12.0 Å². The number of aliphatic hydroxyl groups excluding tert-OH is 1. The predicted octanol–water partition coefficient (Wildman–Crippen LogP) is 2.20. The van der Waals surface area contributed by atoms with Crippen molar-refractivity contribution in [3.05, 3.63) is 29.8 Å². The van der Waals surface area contributed by atoms with Crippen molar-refractivity contribution < 1.29 is 28.2 Å². The molecule has 1 aromatic carbocycles. The summed E-state index contributed by atoms with van der Waals surface area (Å²) in [6.45, 7) is 0.578. The van der Waals surface area contributed by atoms with Crippen LogP contribution in [-0.4, -0.2) is 36.9 Å². The molecule has 0 aromatic heterocycles. The summed E-state index contributed by atoms with van der Waals surface area (Å²) < 4.78 is 34.2. The number of aliphatic hydroxyl groups is 1. The molecular formula is C15H19F2NO4. The van der Waals surface area contributed by atoms with Crippen molar-refractivity contribution in [1.82, 2.24) is 5.32 Å². The normalized spacial score (nSPS) is 12.5. The largest absolute Gasteiger partial charge is 0.490 e. The minimum Gasteiger partial charge on any atom is -0.490 e. The monoisotopic (exact) mass is 315 g/mol. The average Bonchev–Trinajstić information content (AvgIpc) is 2.47. The maximum Gasteiger partial charge on any atom is 0.387 e. The molecule has 1 rings (SSSR count). The summed E-state index contributed by atoms with van der Waals surface area (Å²) in [4.78, 5) is 11.5. The Balaban J connectivity index is 2.83. The highest BCUT2D eigenvalue weighted by atomic mass is 19.3. The number of carbonyl (C=O) groups excluding carboxylic acids is 1. The molecule has 2 N–H and O–H groups in total. The summed E-state index contributed by atoms with van der Waals surface area (Å²) in [6.07, 6.45) is 2.79. The molecule has 5 nitrogen and oxygen atoms in total. The lowest BCUT2D eigenvalue weighted by molar-refractivity contribution is -0.117. The van der Waals surface area contributed by atoms with Gasteiger partial charge in [-0.1, -0.05) is 6.07 Å². The first-order valence-electron chi connectivity index (χ1n) is 6.77. The topological polar surface area (TPSA) is 67.8 Å². The van der Waals surface area contributed by atoms with Gasteiger partial charge in [-0.15, -0.1) is 0 Å². The SMILES string of the molecule is CCOc1cc(/C=C/C(=O)NC(C)CO)ccc1OC(F)F. The van der Waals surface area contributed by atoms with E-state index in [2.05, 4.69) is 10.1 Å². The van der Waals surface area contributed by atoms with Gasteiger partial charge in [-0.05, 0) is 37.6 Å². The van der Waals surface area contributed by atoms with Gasteiger partial charge in [0.15, 0.2) is 11.5 Å². The summed E-state index contributed by atoms with van der Waals surface area (Å²) in [5.74, 6) is -0.256. The second-order valence-electron chi connectivity index (χ2n) is 4.44. The molecule has 0 fully saturated rings. The lowest BCUT2D eigenvalue weighted by Crippen LogP contribution is -2.33. The maximum absolute atomic E-state index is 12.3. The molecule has 122 valence electrons. The third-order valence-electron chi connectivity index (χ3n) is 2.57. The van der Waals surface area contributed by atoms with Crippen molar-refractivity contribution in [3.63, 3.8) is 0 Å². The molecule has 0 saturated heterocycles. The Morgan fingerprint density at radius 2 is 2.14 bits per heavy atom. The smallest absolute Gasteiger partial charge is 0.387 e. The van der Waals surface area contributed by atoms with Crippen LogP contribution in [0.1, 0.15) is 19.4 Å². The first kappa shape index (κ1) is 17.9. The standard InChI is InChI=1S/C15H19F2NO4/c1-3-21-13-8-11(4-6-12(13)22-15(16)17)5-7-14(20)18-10(2)9-19/h4-8,10,15,19H,3,9H2,1-2H3,(H,18,20)/b7-5+. The summed E-state index contributed by atoms with van der Waals surface area (Å²) in [7, 11) is 0. The molecule has 1 aromatic rings. The fourth-order valence-corrected chi connectivity index (χ4v) is 1.60. The Labute approximate surface area is 127 Å². The Bertz CT molecular complexity index is 520. The van der Waals surface area contributed by atoms with Crippen LogP contribution in [-0.2, 0) is 4.79 Å². The quantitative estimate of drug-likeness (QED) is 0.722. The van der Waals surface area contributed by atoms with Crippen LogP contribution in [0.15, 0.2) is 24.3 Å². The number of carbonyl (C=O) groups is 1. The van der Waals surface area contributed by atoms with E-state index in [1.807, 2.05) is 0 Å². The molecule has 0 saturated carbocycles. The molecule has 0 bridgehead atoms. The van der Waals surface area contributed by atoms with Crippen LogP contribution in [0.5, 0.6) is 11.5 Å². The number of ether oxygens (including phenoxy) is 2. The highest BCUT2D eigenvalue weighted by Gasteiger charge is 2.11. The molecule has 0 aliphatic rings. The van der Waals surface area contributed by atoms with Crippen LogP contribution < -0.4 is 14.8 Å². The van der Waals surface area contributed by atoms with E-state index in [0.717, 1.165) is 0 Å². The van der Waals surface area contributed by atoms with Gasteiger partial charge in [-0.2, -0.15) is 8.78 Å². The molecule has 1 atom stereocenters. The van der Waals surface area contributed by atoms with E-state index in [1.165, 1.54) is 30.4 Å². The van der Waals surface area contributed by atoms with E-state index in [1.54, 1.807) is 13.8 Å². The molecule has 1 unspecified atom stereocenters. The van der Waals surface area contributed by atoms with E-state index >= 15 is 0 Å². The minimum atomic E-state index is -2.94. The lowest BCUT2D eigenvalue weighted by atomic mass is 10.2. The second kappa shape index (κ2) is 8.99. The van der Waals surface area contributed by atoms with Crippen molar-refractivity contribution in [2.75, 3.05) is 13.2 Å². The highest BCUT2D eigenvalue weighted by molar-refractivity contribution is 5.92. The number of benzene rings is 1. The number of amides is 1. The third kappa shape index (κ3) is 6.09. The maximum atomic E-state index is 12.3. The molecule has 0 aliphatic carbocycles. The number of hydrogen-bond acceptors (Lipinski definition) is 4. The fraction of sp³-hybridized carbons (Fsp3) is 0.400. The molecule has 7 heteroatoms. The zero-order chi connectivity index (χ0) is 16.5. The zero-order valence-electron chi connectivity index (χ0n) is 12.4. The summed E-state index contributed by atoms with van der Waals surface area (Å²) in [5, 5.41) is 11.4. The fourth-order valence-electron chi connectivity index (χ4n) is 1.60. The molecule has 0 radical (unpaired) electrons. The number of rotatable bonds is 8. The second-order valence-corrected chi connectivity index (χ2v) is 4.44. The van der Waals surface area contributed by atoms with E-state index in [-0.39, 0.29) is 30.1 Å². The molecule has 0 aliphatic heterocycles. The van der Waals surface area contributed by atoms with Gasteiger partial charge in [-0.3, -0.25) is 4.79 Å². The summed E-state index contributed by atoms with van der Waals surface area (Å²) in [5.41, 5.74) is 0.594. The van der Waals surface area contributed by atoms with Gasteiger partial charge >= 0.3 is 6.61 Å². The van der Waals surface area contributed by atoms with Crippen LogP contribution >= 0.6 is 0 Å². The number of hydrogen-bond donors (Lipinski definition) is 2. The summed E-state index contributed by atoms with van der Waals surface area (Å²) in [6, 6.07) is 4.03. The predicted molar refractivity (Wildman–Crippen MR) is 78.0 cm³/mol. The van der Waals surface area contributed by atoms with Gasteiger partial charge in [0.25, 0.3) is 0 Å². The van der Waals surface area contributed by atoms with Crippen molar-refractivity contribution in [3.8, 4) is 11.5 Å². The van der Waals surface area contributed by atoms with Crippen LogP contribution in [0.25, 0.3) is 6.08 Å².